The second kappa shape index (κ2) is 6.84. The van der Waals surface area contributed by atoms with Crippen LogP contribution in [0, 0.1) is 11.8 Å². The van der Waals surface area contributed by atoms with Crippen LogP contribution in [0.15, 0.2) is 18.2 Å². The van der Waals surface area contributed by atoms with Crippen molar-refractivity contribution in [3.05, 3.63) is 23.8 Å². The van der Waals surface area contributed by atoms with E-state index < -0.39 is 10.0 Å². The molecule has 1 N–H and O–H groups in total. The topological polar surface area (TPSA) is 84.9 Å². The van der Waals surface area contributed by atoms with Gasteiger partial charge in [-0.1, -0.05) is 19.9 Å². The van der Waals surface area contributed by atoms with Crippen molar-refractivity contribution in [1.29, 1.82) is 0 Å². The number of ether oxygens (including phenoxy) is 2. The largest absolute Gasteiger partial charge is 0.454 e. The van der Waals surface area contributed by atoms with Gasteiger partial charge in [0.05, 0.1) is 12.7 Å². The minimum Gasteiger partial charge on any atom is -0.454 e. The summed E-state index contributed by atoms with van der Waals surface area (Å²) in [6, 6.07) is 5.24. The van der Waals surface area contributed by atoms with Crippen LogP contribution in [0.25, 0.3) is 0 Å². The van der Waals surface area contributed by atoms with Crippen molar-refractivity contribution in [2.75, 3.05) is 26.1 Å². The zero-order chi connectivity index (χ0) is 18.2. The van der Waals surface area contributed by atoms with Crippen molar-refractivity contribution in [3.8, 4) is 11.5 Å². The van der Waals surface area contributed by atoms with Crippen molar-refractivity contribution < 1.29 is 22.7 Å². The molecule has 0 aromatic heterocycles. The Bertz CT molecular complexity index is 762. The summed E-state index contributed by atoms with van der Waals surface area (Å²) in [5.74, 6) is 1.72. The van der Waals surface area contributed by atoms with Crippen molar-refractivity contribution in [2.45, 2.75) is 26.3 Å². The van der Waals surface area contributed by atoms with Crippen LogP contribution in [0.5, 0.6) is 11.5 Å². The Morgan fingerprint density at radius 3 is 2.68 bits per heavy atom. The average Bonchev–Trinajstić information content (AvgIpc) is 3.11. The van der Waals surface area contributed by atoms with Gasteiger partial charge in [-0.2, -0.15) is 0 Å². The molecule has 7 nitrogen and oxygen atoms in total. The smallest absolute Gasteiger partial charge is 0.231 e. The van der Waals surface area contributed by atoms with Crippen molar-refractivity contribution in [2.24, 2.45) is 11.8 Å². The SMILES string of the molecule is CC(C)[C@@H]1CN(C(=O)Cc2ccc3c(c2)OCO3)C[C@H]1NS(C)(=O)=O. The van der Waals surface area contributed by atoms with Crippen LogP contribution >= 0.6 is 0 Å². The molecule has 3 rings (SSSR count). The molecule has 8 heteroatoms. The lowest BCUT2D eigenvalue weighted by atomic mass is 9.92. The summed E-state index contributed by atoms with van der Waals surface area (Å²) in [4.78, 5) is 14.4. The van der Waals surface area contributed by atoms with Crippen molar-refractivity contribution in [1.82, 2.24) is 9.62 Å². The Labute approximate surface area is 148 Å². The lowest BCUT2D eigenvalue weighted by molar-refractivity contribution is -0.129. The number of carbonyl (C=O) groups excluding carboxylic acids is 1. The number of fused-ring (bicyclic) bond motifs is 1. The van der Waals surface area contributed by atoms with Gasteiger partial charge in [-0.05, 0) is 29.5 Å². The quantitative estimate of drug-likeness (QED) is 0.838. The van der Waals surface area contributed by atoms with Gasteiger partial charge in [0.25, 0.3) is 0 Å². The molecule has 25 heavy (non-hydrogen) atoms. The monoisotopic (exact) mass is 368 g/mol. The predicted octanol–water partition coefficient (Wildman–Crippen LogP) is 0.990. The molecule has 0 bridgehead atoms. The van der Waals surface area contributed by atoms with Crippen LogP contribution in [0.2, 0.25) is 0 Å². The fourth-order valence-corrected chi connectivity index (χ4v) is 4.24. The number of nitrogens with one attached hydrogen (secondary N) is 1. The van der Waals surface area contributed by atoms with E-state index in [0.717, 1.165) is 11.8 Å². The number of carbonyl (C=O) groups is 1. The van der Waals surface area contributed by atoms with Crippen LogP contribution in [-0.4, -0.2) is 51.4 Å². The molecule has 1 aromatic carbocycles. The number of hydrogen-bond acceptors (Lipinski definition) is 5. The second-order valence-electron chi connectivity index (χ2n) is 7.07. The molecule has 2 aliphatic heterocycles. The Kier molecular flexibility index (Phi) is 4.92. The van der Waals surface area contributed by atoms with Crippen LogP contribution in [-0.2, 0) is 21.2 Å². The van der Waals surface area contributed by atoms with Crippen LogP contribution < -0.4 is 14.2 Å². The minimum atomic E-state index is -3.31. The molecule has 1 amide bonds. The van der Waals surface area contributed by atoms with E-state index in [1.165, 1.54) is 0 Å². The summed E-state index contributed by atoms with van der Waals surface area (Å²) in [5.41, 5.74) is 0.856. The lowest BCUT2D eigenvalue weighted by Gasteiger charge is -2.21. The number of benzene rings is 1. The molecule has 1 fully saturated rings. The molecule has 1 aromatic rings. The number of hydrogen-bond donors (Lipinski definition) is 1. The molecule has 0 unspecified atom stereocenters. The van der Waals surface area contributed by atoms with Gasteiger partial charge >= 0.3 is 0 Å². The van der Waals surface area contributed by atoms with E-state index in [4.69, 9.17) is 9.47 Å². The molecule has 0 spiro atoms. The lowest BCUT2D eigenvalue weighted by Crippen LogP contribution is -2.41. The Morgan fingerprint density at radius 1 is 1.28 bits per heavy atom. The molecule has 0 aliphatic carbocycles. The van der Waals surface area contributed by atoms with Gasteiger partial charge in [0.1, 0.15) is 0 Å². The highest BCUT2D eigenvalue weighted by Crippen LogP contribution is 2.33. The highest BCUT2D eigenvalue weighted by atomic mass is 32.2. The summed E-state index contributed by atoms with van der Waals surface area (Å²) in [6.45, 7) is 5.27. The first-order valence-electron chi connectivity index (χ1n) is 8.36. The average molecular weight is 368 g/mol. The fraction of sp³-hybridized carbons (Fsp3) is 0.588. The maximum Gasteiger partial charge on any atom is 0.231 e. The number of sulfonamides is 1. The standard InChI is InChI=1S/C17H24N2O5S/c1-11(2)13-8-19(9-14(13)18-25(3,21)22)17(20)7-12-4-5-15-16(6-12)24-10-23-15/h4-6,11,13-14,18H,7-10H2,1-3H3/t13-,14+/m0/s1. The van der Waals surface area contributed by atoms with E-state index in [9.17, 15) is 13.2 Å². The van der Waals surface area contributed by atoms with E-state index in [-0.39, 0.29) is 37.0 Å². The molecular weight excluding hydrogens is 344 g/mol. The third-order valence-electron chi connectivity index (χ3n) is 4.73. The van der Waals surface area contributed by atoms with E-state index in [1.54, 1.807) is 11.0 Å². The molecule has 2 atom stereocenters. The van der Waals surface area contributed by atoms with E-state index in [0.29, 0.717) is 24.6 Å². The maximum absolute atomic E-state index is 12.7. The number of amides is 1. The number of likely N-dealkylation sites (tertiary alicyclic amines) is 1. The second-order valence-corrected chi connectivity index (χ2v) is 8.85. The number of nitrogens with zero attached hydrogens (tertiary/aromatic N) is 1. The van der Waals surface area contributed by atoms with Crippen molar-refractivity contribution in [3.63, 3.8) is 0 Å². The molecule has 138 valence electrons. The first kappa shape index (κ1) is 18.0. The molecule has 2 aliphatic rings. The summed E-state index contributed by atoms with van der Waals surface area (Å²) in [6.07, 6.45) is 1.41. The van der Waals surface area contributed by atoms with Crippen LogP contribution in [0.4, 0.5) is 0 Å². The molecule has 0 radical (unpaired) electrons. The Morgan fingerprint density at radius 2 is 2.00 bits per heavy atom. The zero-order valence-electron chi connectivity index (χ0n) is 14.7. The minimum absolute atomic E-state index is 0.0117. The molecule has 0 saturated carbocycles. The summed E-state index contributed by atoms with van der Waals surface area (Å²) in [5, 5.41) is 0. The molecular formula is C17H24N2O5S. The Hall–Kier alpha value is -1.80. The fourth-order valence-electron chi connectivity index (χ4n) is 3.45. The van der Waals surface area contributed by atoms with Gasteiger partial charge in [-0.3, -0.25) is 4.79 Å². The maximum atomic E-state index is 12.7. The third kappa shape index (κ3) is 4.24. The molecule has 1 saturated heterocycles. The Balaban J connectivity index is 1.68. The predicted molar refractivity (Wildman–Crippen MR) is 92.9 cm³/mol. The highest BCUT2D eigenvalue weighted by molar-refractivity contribution is 7.88. The van der Waals surface area contributed by atoms with Gasteiger partial charge < -0.3 is 14.4 Å². The summed E-state index contributed by atoms with van der Waals surface area (Å²) in [7, 11) is -3.31. The van der Waals surface area contributed by atoms with Crippen LogP contribution in [0.3, 0.4) is 0 Å². The van der Waals surface area contributed by atoms with Gasteiger partial charge in [0.15, 0.2) is 11.5 Å². The number of rotatable bonds is 5. The summed E-state index contributed by atoms with van der Waals surface area (Å²) < 4.78 is 36.5. The highest BCUT2D eigenvalue weighted by Gasteiger charge is 2.38. The first-order chi connectivity index (χ1) is 11.7. The van der Waals surface area contributed by atoms with Crippen LogP contribution in [0.1, 0.15) is 19.4 Å². The summed E-state index contributed by atoms with van der Waals surface area (Å²) >= 11 is 0. The van der Waals surface area contributed by atoms with E-state index >= 15 is 0 Å². The van der Waals surface area contributed by atoms with Gasteiger partial charge in [-0.25, -0.2) is 13.1 Å². The van der Waals surface area contributed by atoms with Gasteiger partial charge in [0, 0.05) is 19.1 Å². The van der Waals surface area contributed by atoms with E-state index in [1.807, 2.05) is 26.0 Å². The first-order valence-corrected chi connectivity index (χ1v) is 10.3. The van der Waals surface area contributed by atoms with E-state index in [2.05, 4.69) is 4.72 Å². The molecule has 2 heterocycles. The third-order valence-corrected chi connectivity index (χ3v) is 5.46. The van der Waals surface area contributed by atoms with Crippen molar-refractivity contribution >= 4 is 15.9 Å². The van der Waals surface area contributed by atoms with Gasteiger partial charge in [-0.15, -0.1) is 0 Å². The zero-order valence-corrected chi connectivity index (χ0v) is 15.5. The normalized spacial score (nSPS) is 22.6. The van der Waals surface area contributed by atoms with Gasteiger partial charge in [0.2, 0.25) is 22.7 Å².